The molecule has 0 amide bonds. The maximum Gasteiger partial charge on any atom is 0.171 e. The molecule has 90 valence electrons. The van der Waals surface area contributed by atoms with Crippen LogP contribution in [-0.4, -0.2) is 34.3 Å². The Kier molecular flexibility index (Phi) is 3.33. The SMILES string of the molecule is Cc1nc(N(CCO)C2CCCC2)c(N)[nH]1. The lowest BCUT2D eigenvalue weighted by Crippen LogP contribution is -2.36. The van der Waals surface area contributed by atoms with Crippen LogP contribution in [0.3, 0.4) is 0 Å². The van der Waals surface area contributed by atoms with Gasteiger partial charge in [0.25, 0.3) is 0 Å². The highest BCUT2D eigenvalue weighted by Gasteiger charge is 2.25. The molecule has 0 radical (unpaired) electrons. The van der Waals surface area contributed by atoms with Crippen LogP contribution in [0.1, 0.15) is 31.5 Å². The summed E-state index contributed by atoms with van der Waals surface area (Å²) in [5.74, 6) is 2.24. The molecule has 0 bridgehead atoms. The van der Waals surface area contributed by atoms with Crippen molar-refractivity contribution in [1.82, 2.24) is 9.97 Å². The van der Waals surface area contributed by atoms with Crippen molar-refractivity contribution in [3.8, 4) is 0 Å². The minimum atomic E-state index is 0.141. The summed E-state index contributed by atoms with van der Waals surface area (Å²) >= 11 is 0. The van der Waals surface area contributed by atoms with Crippen LogP contribution in [0.25, 0.3) is 0 Å². The second-order valence-electron chi connectivity index (χ2n) is 4.41. The standard InChI is InChI=1S/C11H20N4O/c1-8-13-10(12)11(14-8)15(6-7-16)9-4-2-3-5-9/h9,16H,2-7,12H2,1H3,(H,13,14). The molecule has 4 N–H and O–H groups in total. The Morgan fingerprint density at radius 2 is 2.19 bits per heavy atom. The first-order valence-electron chi connectivity index (χ1n) is 5.92. The van der Waals surface area contributed by atoms with Crippen LogP contribution >= 0.6 is 0 Å². The van der Waals surface area contributed by atoms with Crippen molar-refractivity contribution >= 4 is 11.6 Å². The number of nitrogens with one attached hydrogen (secondary N) is 1. The molecule has 0 aliphatic heterocycles. The first kappa shape index (κ1) is 11.3. The number of imidazole rings is 1. The molecule has 2 rings (SSSR count). The van der Waals surface area contributed by atoms with E-state index in [0.717, 1.165) is 11.6 Å². The van der Waals surface area contributed by atoms with Crippen molar-refractivity contribution in [3.63, 3.8) is 0 Å². The number of hydrogen-bond donors (Lipinski definition) is 3. The molecule has 5 nitrogen and oxygen atoms in total. The number of nitrogen functional groups attached to an aromatic ring is 1. The van der Waals surface area contributed by atoms with Crippen LogP contribution in [0, 0.1) is 6.92 Å². The molecule has 0 unspecified atom stereocenters. The second-order valence-corrected chi connectivity index (χ2v) is 4.41. The number of nitrogens with two attached hydrogens (primary N) is 1. The molecule has 0 aromatic carbocycles. The number of hydrogen-bond acceptors (Lipinski definition) is 4. The van der Waals surface area contributed by atoms with E-state index in [0.29, 0.717) is 18.4 Å². The Hall–Kier alpha value is -1.23. The Labute approximate surface area is 95.7 Å². The minimum Gasteiger partial charge on any atom is -0.395 e. The molecule has 1 heterocycles. The third-order valence-electron chi connectivity index (χ3n) is 3.21. The lowest BCUT2D eigenvalue weighted by molar-refractivity contribution is 0.297. The molecule has 1 fully saturated rings. The van der Waals surface area contributed by atoms with Gasteiger partial charge in [0, 0.05) is 12.6 Å². The molecule has 0 spiro atoms. The molecule has 16 heavy (non-hydrogen) atoms. The van der Waals surface area contributed by atoms with Gasteiger partial charge in [0.1, 0.15) is 11.6 Å². The normalized spacial score (nSPS) is 16.9. The van der Waals surface area contributed by atoms with Crippen molar-refractivity contribution in [2.24, 2.45) is 0 Å². The highest BCUT2D eigenvalue weighted by Crippen LogP contribution is 2.29. The summed E-state index contributed by atoms with van der Waals surface area (Å²) in [4.78, 5) is 9.57. The summed E-state index contributed by atoms with van der Waals surface area (Å²) in [5.41, 5.74) is 5.90. The number of aromatic amines is 1. The Bertz CT molecular complexity index is 344. The Morgan fingerprint density at radius 1 is 1.50 bits per heavy atom. The number of nitrogens with zero attached hydrogens (tertiary/aromatic N) is 2. The minimum absolute atomic E-state index is 0.141. The maximum absolute atomic E-state index is 9.14. The van der Waals surface area contributed by atoms with Crippen LogP contribution in [0.4, 0.5) is 11.6 Å². The van der Waals surface area contributed by atoms with E-state index in [1.54, 1.807) is 0 Å². The molecule has 1 aromatic rings. The van der Waals surface area contributed by atoms with Crippen molar-refractivity contribution < 1.29 is 5.11 Å². The number of rotatable bonds is 4. The van der Waals surface area contributed by atoms with Crippen molar-refractivity contribution in [2.75, 3.05) is 23.8 Å². The van der Waals surface area contributed by atoms with Crippen LogP contribution in [-0.2, 0) is 0 Å². The van der Waals surface area contributed by atoms with Crippen LogP contribution in [0.2, 0.25) is 0 Å². The average molecular weight is 224 g/mol. The summed E-state index contributed by atoms with van der Waals surface area (Å²) in [6, 6.07) is 0.483. The summed E-state index contributed by atoms with van der Waals surface area (Å²) in [5, 5.41) is 9.14. The van der Waals surface area contributed by atoms with Gasteiger partial charge >= 0.3 is 0 Å². The van der Waals surface area contributed by atoms with Crippen LogP contribution < -0.4 is 10.6 Å². The highest BCUT2D eigenvalue weighted by atomic mass is 16.3. The fourth-order valence-electron chi connectivity index (χ4n) is 2.50. The third-order valence-corrected chi connectivity index (χ3v) is 3.21. The molecule has 1 aliphatic carbocycles. The van der Waals surface area contributed by atoms with Gasteiger partial charge in [-0.15, -0.1) is 0 Å². The zero-order valence-electron chi connectivity index (χ0n) is 9.74. The predicted octanol–water partition coefficient (Wildman–Crippen LogP) is 1.04. The first-order valence-corrected chi connectivity index (χ1v) is 5.92. The van der Waals surface area contributed by atoms with Gasteiger partial charge in [-0.2, -0.15) is 0 Å². The molecule has 0 atom stereocenters. The van der Waals surface area contributed by atoms with E-state index in [1.165, 1.54) is 25.7 Å². The van der Waals surface area contributed by atoms with Crippen molar-refractivity contribution in [1.29, 1.82) is 0 Å². The van der Waals surface area contributed by atoms with Gasteiger partial charge in [0.05, 0.1) is 6.61 Å². The van der Waals surface area contributed by atoms with Crippen LogP contribution in [0.5, 0.6) is 0 Å². The molecule has 1 saturated carbocycles. The number of aliphatic hydroxyl groups is 1. The predicted molar refractivity (Wildman–Crippen MR) is 64.4 cm³/mol. The van der Waals surface area contributed by atoms with Gasteiger partial charge < -0.3 is 20.7 Å². The molecule has 0 saturated heterocycles. The number of aromatic nitrogens is 2. The van der Waals surface area contributed by atoms with Crippen molar-refractivity contribution in [3.05, 3.63) is 5.82 Å². The summed E-state index contributed by atoms with van der Waals surface area (Å²) in [6.07, 6.45) is 4.86. The number of aryl methyl sites for hydroxylation is 1. The summed E-state index contributed by atoms with van der Waals surface area (Å²) in [6.45, 7) is 2.65. The van der Waals surface area contributed by atoms with E-state index in [-0.39, 0.29) is 6.61 Å². The van der Waals surface area contributed by atoms with Gasteiger partial charge in [-0.05, 0) is 19.8 Å². The Balaban J connectivity index is 2.20. The zero-order chi connectivity index (χ0) is 11.5. The van der Waals surface area contributed by atoms with Crippen molar-refractivity contribution in [2.45, 2.75) is 38.6 Å². The first-order chi connectivity index (χ1) is 7.72. The van der Waals surface area contributed by atoms with E-state index in [1.807, 2.05) is 6.92 Å². The number of anilines is 2. The van der Waals surface area contributed by atoms with E-state index in [4.69, 9.17) is 10.8 Å². The van der Waals surface area contributed by atoms with E-state index in [9.17, 15) is 0 Å². The fourth-order valence-corrected chi connectivity index (χ4v) is 2.50. The molecule has 5 heteroatoms. The lowest BCUT2D eigenvalue weighted by atomic mass is 10.2. The van der Waals surface area contributed by atoms with Gasteiger partial charge in [0.2, 0.25) is 0 Å². The van der Waals surface area contributed by atoms with Gasteiger partial charge in [-0.1, -0.05) is 12.8 Å². The topological polar surface area (TPSA) is 78.2 Å². The van der Waals surface area contributed by atoms with Gasteiger partial charge in [0.15, 0.2) is 5.82 Å². The Morgan fingerprint density at radius 3 is 2.69 bits per heavy atom. The largest absolute Gasteiger partial charge is 0.395 e. The van der Waals surface area contributed by atoms with E-state index in [2.05, 4.69) is 14.9 Å². The van der Waals surface area contributed by atoms with E-state index >= 15 is 0 Å². The summed E-state index contributed by atoms with van der Waals surface area (Å²) in [7, 11) is 0. The van der Waals surface area contributed by atoms with Crippen LogP contribution in [0.15, 0.2) is 0 Å². The third kappa shape index (κ3) is 2.14. The fraction of sp³-hybridized carbons (Fsp3) is 0.727. The zero-order valence-corrected chi connectivity index (χ0v) is 9.74. The van der Waals surface area contributed by atoms with Gasteiger partial charge in [-0.3, -0.25) is 0 Å². The number of aliphatic hydroxyl groups excluding tert-OH is 1. The average Bonchev–Trinajstić information content (AvgIpc) is 2.85. The monoisotopic (exact) mass is 224 g/mol. The molecular weight excluding hydrogens is 204 g/mol. The molecule has 1 aliphatic rings. The summed E-state index contributed by atoms with van der Waals surface area (Å²) < 4.78 is 0. The molecular formula is C11H20N4O. The maximum atomic E-state index is 9.14. The van der Waals surface area contributed by atoms with E-state index < -0.39 is 0 Å². The quantitative estimate of drug-likeness (QED) is 0.714. The smallest absolute Gasteiger partial charge is 0.171 e. The number of H-pyrrole nitrogens is 1. The molecule has 1 aromatic heterocycles. The van der Waals surface area contributed by atoms with Gasteiger partial charge in [-0.25, -0.2) is 4.98 Å². The second kappa shape index (κ2) is 4.74. The highest BCUT2D eigenvalue weighted by molar-refractivity contribution is 5.59. The lowest BCUT2D eigenvalue weighted by Gasteiger charge is -2.28.